The van der Waals surface area contributed by atoms with Gasteiger partial charge in [-0.25, -0.2) is 4.39 Å². The molecule has 0 saturated carbocycles. The van der Waals surface area contributed by atoms with Crippen molar-refractivity contribution in [3.8, 4) is 11.5 Å². The van der Waals surface area contributed by atoms with Gasteiger partial charge in [0.05, 0.1) is 20.6 Å². The standard InChI is InChI=1S/C19H21FO4/c1-4-13-8-9-18(16(20)10-13)24-12-15-14(11-19(21)23-3)6-5-7-17(15)22-2/h5-10H,4,11-12H2,1-3H3. The number of hydrogen-bond acceptors (Lipinski definition) is 4. The molecule has 0 radical (unpaired) electrons. The van der Waals surface area contributed by atoms with Crippen LogP contribution < -0.4 is 9.47 Å². The Hall–Kier alpha value is -2.56. The number of halogens is 1. The first kappa shape index (κ1) is 17.8. The average Bonchev–Trinajstić information content (AvgIpc) is 2.60. The molecule has 2 rings (SSSR count). The maximum atomic E-state index is 14.1. The molecule has 2 aromatic carbocycles. The van der Waals surface area contributed by atoms with Crippen molar-refractivity contribution in [3.63, 3.8) is 0 Å². The lowest BCUT2D eigenvalue weighted by Crippen LogP contribution is -2.10. The maximum Gasteiger partial charge on any atom is 0.309 e. The lowest BCUT2D eigenvalue weighted by atomic mass is 10.0. The third-order valence-electron chi connectivity index (χ3n) is 3.79. The van der Waals surface area contributed by atoms with Crippen LogP contribution in [0.15, 0.2) is 36.4 Å². The third-order valence-corrected chi connectivity index (χ3v) is 3.79. The number of rotatable bonds is 7. The minimum atomic E-state index is -0.404. The van der Waals surface area contributed by atoms with Crippen LogP contribution in [0.5, 0.6) is 11.5 Å². The molecule has 0 unspecified atom stereocenters. The largest absolute Gasteiger partial charge is 0.496 e. The van der Waals surface area contributed by atoms with Crippen molar-refractivity contribution in [1.29, 1.82) is 0 Å². The van der Waals surface area contributed by atoms with Crippen LogP contribution in [0.4, 0.5) is 4.39 Å². The van der Waals surface area contributed by atoms with Crippen molar-refractivity contribution in [2.45, 2.75) is 26.4 Å². The predicted octanol–water partition coefficient (Wildman–Crippen LogP) is 3.69. The van der Waals surface area contributed by atoms with E-state index in [2.05, 4.69) is 0 Å². The molecule has 4 nitrogen and oxygen atoms in total. The predicted molar refractivity (Wildman–Crippen MR) is 88.8 cm³/mol. The second kappa shape index (κ2) is 8.34. The second-order valence-corrected chi connectivity index (χ2v) is 5.26. The van der Waals surface area contributed by atoms with Crippen LogP contribution >= 0.6 is 0 Å². The highest BCUT2D eigenvalue weighted by Crippen LogP contribution is 2.26. The van der Waals surface area contributed by atoms with Crippen molar-refractivity contribution in [1.82, 2.24) is 0 Å². The summed E-state index contributed by atoms with van der Waals surface area (Å²) in [6, 6.07) is 10.3. The summed E-state index contributed by atoms with van der Waals surface area (Å²) in [6.07, 6.45) is 0.858. The van der Waals surface area contributed by atoms with E-state index in [1.54, 1.807) is 24.3 Å². The summed E-state index contributed by atoms with van der Waals surface area (Å²) in [5, 5.41) is 0. The summed E-state index contributed by atoms with van der Waals surface area (Å²) in [5.74, 6) is -0.00846. The first-order valence-electron chi connectivity index (χ1n) is 7.71. The van der Waals surface area contributed by atoms with E-state index in [0.29, 0.717) is 11.3 Å². The molecule has 2 aromatic rings. The highest BCUT2D eigenvalue weighted by atomic mass is 19.1. The van der Waals surface area contributed by atoms with E-state index in [1.165, 1.54) is 20.3 Å². The molecule has 0 bridgehead atoms. The van der Waals surface area contributed by atoms with Gasteiger partial charge in [0, 0.05) is 5.56 Å². The highest BCUT2D eigenvalue weighted by molar-refractivity contribution is 5.73. The Kier molecular flexibility index (Phi) is 6.18. The summed E-state index contributed by atoms with van der Waals surface area (Å²) in [4.78, 5) is 11.6. The topological polar surface area (TPSA) is 44.8 Å². The first-order chi connectivity index (χ1) is 11.6. The molecule has 0 atom stereocenters. The van der Waals surface area contributed by atoms with Gasteiger partial charge in [-0.1, -0.05) is 25.1 Å². The van der Waals surface area contributed by atoms with Crippen molar-refractivity contribution in [3.05, 3.63) is 58.9 Å². The van der Waals surface area contributed by atoms with E-state index in [4.69, 9.17) is 14.2 Å². The Morgan fingerprint density at radius 1 is 1.12 bits per heavy atom. The monoisotopic (exact) mass is 332 g/mol. The number of carbonyl (C=O) groups excluding carboxylic acids is 1. The van der Waals surface area contributed by atoms with Crippen molar-refractivity contribution >= 4 is 5.97 Å². The van der Waals surface area contributed by atoms with Crippen LogP contribution in [0.2, 0.25) is 0 Å². The Bertz CT molecular complexity index is 713. The molecule has 0 heterocycles. The summed E-state index contributed by atoms with van der Waals surface area (Å²) in [6.45, 7) is 2.06. The molecule has 5 heteroatoms. The number of esters is 1. The summed E-state index contributed by atoms with van der Waals surface area (Å²) < 4.78 is 29.7. The van der Waals surface area contributed by atoms with Crippen LogP contribution in [0.1, 0.15) is 23.6 Å². The van der Waals surface area contributed by atoms with Gasteiger partial charge in [-0.3, -0.25) is 4.79 Å². The first-order valence-corrected chi connectivity index (χ1v) is 7.71. The van der Waals surface area contributed by atoms with E-state index in [9.17, 15) is 9.18 Å². The molecule has 0 aliphatic heterocycles. The SMILES string of the molecule is CCc1ccc(OCc2c(CC(=O)OC)cccc2OC)c(F)c1. The molecule has 0 saturated heterocycles. The van der Waals surface area contributed by atoms with Crippen molar-refractivity contribution in [2.75, 3.05) is 14.2 Å². The molecular formula is C19H21FO4. The fourth-order valence-electron chi connectivity index (χ4n) is 2.39. The molecule has 0 aromatic heterocycles. The van der Waals surface area contributed by atoms with Gasteiger partial charge in [-0.15, -0.1) is 0 Å². The zero-order valence-electron chi connectivity index (χ0n) is 14.1. The second-order valence-electron chi connectivity index (χ2n) is 5.26. The number of methoxy groups -OCH3 is 2. The van der Waals surface area contributed by atoms with E-state index in [0.717, 1.165) is 17.5 Å². The third kappa shape index (κ3) is 4.25. The Labute approximate surface area is 141 Å². The molecule has 0 aliphatic rings. The summed E-state index contributed by atoms with van der Waals surface area (Å²) in [5.41, 5.74) is 2.33. The summed E-state index contributed by atoms with van der Waals surface area (Å²) in [7, 11) is 2.88. The van der Waals surface area contributed by atoms with Gasteiger partial charge in [0.15, 0.2) is 11.6 Å². The van der Waals surface area contributed by atoms with Crippen LogP contribution in [0.25, 0.3) is 0 Å². The number of benzene rings is 2. The fourth-order valence-corrected chi connectivity index (χ4v) is 2.39. The van der Waals surface area contributed by atoms with Gasteiger partial charge in [0.25, 0.3) is 0 Å². The van der Waals surface area contributed by atoms with Gasteiger partial charge < -0.3 is 14.2 Å². The van der Waals surface area contributed by atoms with Crippen LogP contribution in [-0.2, 0) is 29.0 Å². The lowest BCUT2D eigenvalue weighted by molar-refractivity contribution is -0.139. The van der Waals surface area contributed by atoms with Gasteiger partial charge >= 0.3 is 5.97 Å². The molecule has 0 aliphatic carbocycles. The Morgan fingerprint density at radius 3 is 2.54 bits per heavy atom. The Morgan fingerprint density at radius 2 is 1.92 bits per heavy atom. The van der Waals surface area contributed by atoms with Crippen LogP contribution in [0, 0.1) is 5.82 Å². The Balaban J connectivity index is 2.23. The van der Waals surface area contributed by atoms with Gasteiger partial charge in [0.1, 0.15) is 12.4 Å². The van der Waals surface area contributed by atoms with E-state index < -0.39 is 5.82 Å². The number of carbonyl (C=O) groups is 1. The maximum absolute atomic E-state index is 14.1. The van der Waals surface area contributed by atoms with Crippen molar-refractivity contribution in [2.24, 2.45) is 0 Å². The average molecular weight is 332 g/mol. The van der Waals surface area contributed by atoms with Gasteiger partial charge in [-0.2, -0.15) is 0 Å². The van der Waals surface area contributed by atoms with Crippen LogP contribution in [0.3, 0.4) is 0 Å². The quantitative estimate of drug-likeness (QED) is 0.726. The molecular weight excluding hydrogens is 311 g/mol. The van der Waals surface area contributed by atoms with E-state index in [-0.39, 0.29) is 24.7 Å². The zero-order chi connectivity index (χ0) is 17.5. The number of ether oxygens (including phenoxy) is 3. The lowest BCUT2D eigenvalue weighted by Gasteiger charge is -2.15. The highest BCUT2D eigenvalue weighted by Gasteiger charge is 2.14. The van der Waals surface area contributed by atoms with Gasteiger partial charge in [0.2, 0.25) is 0 Å². The van der Waals surface area contributed by atoms with Gasteiger partial charge in [-0.05, 0) is 35.7 Å². The fraction of sp³-hybridized carbons (Fsp3) is 0.316. The zero-order valence-corrected chi connectivity index (χ0v) is 14.1. The molecule has 24 heavy (non-hydrogen) atoms. The summed E-state index contributed by atoms with van der Waals surface area (Å²) >= 11 is 0. The van der Waals surface area contributed by atoms with E-state index in [1.807, 2.05) is 13.0 Å². The minimum Gasteiger partial charge on any atom is -0.496 e. The van der Waals surface area contributed by atoms with E-state index >= 15 is 0 Å². The number of aryl methyl sites for hydroxylation is 1. The van der Waals surface area contributed by atoms with Crippen molar-refractivity contribution < 1.29 is 23.4 Å². The normalized spacial score (nSPS) is 10.3. The molecule has 0 amide bonds. The minimum absolute atomic E-state index is 0.0960. The molecule has 0 N–H and O–H groups in total. The smallest absolute Gasteiger partial charge is 0.309 e. The molecule has 128 valence electrons. The molecule has 0 fully saturated rings. The van der Waals surface area contributed by atoms with Crippen LogP contribution in [-0.4, -0.2) is 20.2 Å². The molecule has 0 spiro atoms. The number of hydrogen-bond donors (Lipinski definition) is 0.